The Morgan fingerprint density at radius 1 is 0.692 bits per heavy atom. The van der Waals surface area contributed by atoms with E-state index in [0.717, 1.165) is 26.0 Å². The van der Waals surface area contributed by atoms with Gasteiger partial charge in [0.1, 0.15) is 0 Å². The van der Waals surface area contributed by atoms with Crippen molar-refractivity contribution in [3.63, 3.8) is 0 Å². The number of carbonyl (C=O) groups excluding carboxylic acids is 2. The molecule has 208 valence electrons. The van der Waals surface area contributed by atoms with Gasteiger partial charge >= 0.3 is 24.3 Å². The number of nitrogens with zero attached hydrogens (tertiary/aromatic N) is 2. The third-order valence-electron chi connectivity index (χ3n) is 5.61. The van der Waals surface area contributed by atoms with Crippen LogP contribution < -0.4 is 0 Å². The largest absolute Gasteiger partial charge is 0.478 e. The van der Waals surface area contributed by atoms with Gasteiger partial charge in [0.05, 0.1) is 0 Å². The maximum Gasteiger partial charge on any atom is 0.411 e. The van der Waals surface area contributed by atoms with Crippen LogP contribution >= 0.6 is 0 Å². The number of carboxylic acid groups (broad SMARTS) is 2. The second kappa shape index (κ2) is 11.6. The highest BCUT2D eigenvalue weighted by molar-refractivity contribution is 6.10. The zero-order valence-electron chi connectivity index (χ0n) is 20.2. The normalized spacial score (nSPS) is 19.2. The Balaban J connectivity index is 2.86. The third kappa shape index (κ3) is 6.94. The van der Waals surface area contributed by atoms with Crippen molar-refractivity contribution in [2.75, 3.05) is 0 Å². The fourth-order valence-corrected chi connectivity index (χ4v) is 3.94. The summed E-state index contributed by atoms with van der Waals surface area (Å²) < 4.78 is 88.6. The van der Waals surface area contributed by atoms with E-state index in [1.807, 2.05) is 0 Å². The van der Waals surface area contributed by atoms with Crippen LogP contribution in [0.15, 0.2) is 80.9 Å². The predicted octanol–water partition coefficient (Wildman–Crippen LogP) is 4.87. The Morgan fingerprint density at radius 2 is 1.03 bits per heavy atom. The molecular formula is C25H20F6N2O6. The minimum absolute atomic E-state index is 0.307. The number of amides is 2. The Labute approximate surface area is 216 Å². The predicted molar refractivity (Wildman–Crippen MR) is 126 cm³/mol. The van der Waals surface area contributed by atoms with Gasteiger partial charge in [0.15, 0.2) is 0 Å². The number of allylic oxidation sites excluding steroid dienone is 8. The van der Waals surface area contributed by atoms with E-state index in [4.69, 9.17) is 10.2 Å². The lowest BCUT2D eigenvalue weighted by atomic mass is 9.65. The Kier molecular flexibility index (Phi) is 9.16. The Morgan fingerprint density at radius 3 is 1.31 bits per heavy atom. The smallest absolute Gasteiger partial charge is 0.411 e. The van der Waals surface area contributed by atoms with Crippen molar-refractivity contribution in [2.45, 2.75) is 39.0 Å². The molecule has 0 unspecified atom stereocenters. The summed E-state index contributed by atoms with van der Waals surface area (Å²) in [5, 5.41) is 17.2. The van der Waals surface area contributed by atoms with Gasteiger partial charge in [-0.25, -0.2) is 19.6 Å². The van der Waals surface area contributed by atoms with Crippen molar-refractivity contribution in [3.8, 4) is 0 Å². The van der Waals surface area contributed by atoms with Crippen LogP contribution in [-0.2, 0) is 19.2 Å². The average molecular weight is 558 g/mol. The molecule has 0 aliphatic heterocycles. The minimum atomic E-state index is -6.00. The molecule has 39 heavy (non-hydrogen) atoms. The van der Waals surface area contributed by atoms with E-state index in [1.54, 1.807) is 0 Å². The molecule has 2 aliphatic rings. The highest BCUT2D eigenvalue weighted by Gasteiger charge is 2.74. The molecule has 2 N–H and O–H groups in total. The van der Waals surface area contributed by atoms with E-state index < -0.39 is 75.2 Å². The Bertz CT molecular complexity index is 1240. The molecule has 0 fully saturated rings. The van der Waals surface area contributed by atoms with Crippen LogP contribution in [0.4, 0.5) is 26.3 Å². The monoisotopic (exact) mass is 558 g/mol. The first-order valence-corrected chi connectivity index (χ1v) is 10.9. The molecule has 0 radical (unpaired) electrons. The second-order valence-corrected chi connectivity index (χ2v) is 8.27. The lowest BCUT2D eigenvalue weighted by Gasteiger charge is -2.43. The van der Waals surface area contributed by atoms with Gasteiger partial charge in [-0.05, 0) is 48.3 Å². The maximum atomic E-state index is 14.8. The van der Waals surface area contributed by atoms with Crippen molar-refractivity contribution in [1.29, 1.82) is 0 Å². The first-order chi connectivity index (χ1) is 17.9. The van der Waals surface area contributed by atoms with Gasteiger partial charge in [-0.2, -0.15) is 26.3 Å². The lowest BCUT2D eigenvalue weighted by molar-refractivity contribution is -0.309. The zero-order chi connectivity index (χ0) is 29.8. The molecule has 0 bridgehead atoms. The topological polar surface area (TPSA) is 133 Å². The SMILES string of the molecule is CC1=CCC(=NC(=O)C=CC(=O)O)C=C1C(C1=CC(=NC(=O)C=CC(=O)O)CC=C1C)(C(F)(F)F)C(F)(F)F. The molecule has 14 heteroatoms. The van der Waals surface area contributed by atoms with Gasteiger partial charge in [0, 0.05) is 48.6 Å². The van der Waals surface area contributed by atoms with Crippen molar-refractivity contribution in [2.24, 2.45) is 15.4 Å². The number of carbonyl (C=O) groups is 4. The van der Waals surface area contributed by atoms with E-state index in [2.05, 4.69) is 9.98 Å². The number of alkyl halides is 6. The van der Waals surface area contributed by atoms with Crippen LogP contribution in [0.2, 0.25) is 0 Å². The van der Waals surface area contributed by atoms with Crippen molar-refractivity contribution in [1.82, 2.24) is 0 Å². The molecule has 0 atom stereocenters. The van der Waals surface area contributed by atoms with Crippen molar-refractivity contribution < 1.29 is 55.7 Å². The van der Waals surface area contributed by atoms with Crippen LogP contribution in [-0.4, -0.2) is 57.7 Å². The minimum Gasteiger partial charge on any atom is -0.478 e. The van der Waals surface area contributed by atoms with Crippen LogP contribution in [0.1, 0.15) is 26.7 Å². The van der Waals surface area contributed by atoms with Crippen LogP contribution in [0.3, 0.4) is 0 Å². The van der Waals surface area contributed by atoms with Crippen LogP contribution in [0.5, 0.6) is 0 Å². The highest BCUT2D eigenvalue weighted by Crippen LogP contribution is 2.63. The highest BCUT2D eigenvalue weighted by atomic mass is 19.4. The molecular weight excluding hydrogens is 538 g/mol. The standard InChI is InChI=1S/C25H20F6N2O6/c1-13-3-5-15(32-19(34)7-9-21(36)37)11-17(13)23(24(26,27)28,25(29,30)31)18-12-16(6-4-14(18)2)33-20(35)8-10-22(38)39/h3-4,7-12H,5-6H2,1-2H3,(H,36,37)(H,38,39). The number of aliphatic carboxylic acids is 2. The third-order valence-corrected chi connectivity index (χ3v) is 5.61. The number of rotatable bonds is 6. The van der Waals surface area contributed by atoms with Crippen LogP contribution in [0.25, 0.3) is 0 Å². The van der Waals surface area contributed by atoms with E-state index in [1.165, 1.54) is 0 Å². The molecule has 0 aromatic rings. The van der Waals surface area contributed by atoms with E-state index >= 15 is 0 Å². The number of aliphatic imine (C=N–C) groups is 2. The fourth-order valence-electron chi connectivity index (χ4n) is 3.94. The van der Waals surface area contributed by atoms with Gasteiger partial charge in [0.25, 0.3) is 11.8 Å². The van der Waals surface area contributed by atoms with Gasteiger partial charge in [-0.1, -0.05) is 12.2 Å². The van der Waals surface area contributed by atoms with Gasteiger partial charge in [-0.15, -0.1) is 0 Å². The van der Waals surface area contributed by atoms with Gasteiger partial charge < -0.3 is 10.2 Å². The molecule has 2 rings (SSSR count). The molecule has 0 aromatic carbocycles. The quantitative estimate of drug-likeness (QED) is 0.353. The number of hydrogen-bond donors (Lipinski definition) is 2. The van der Waals surface area contributed by atoms with E-state index in [-0.39, 0.29) is 12.8 Å². The molecule has 0 aromatic heterocycles. The molecule has 0 heterocycles. The summed E-state index contributed by atoms with van der Waals surface area (Å²) >= 11 is 0. The summed E-state index contributed by atoms with van der Waals surface area (Å²) in [6.45, 7) is 2.05. The molecule has 0 spiro atoms. The molecule has 0 saturated heterocycles. The first-order valence-electron chi connectivity index (χ1n) is 10.9. The summed E-state index contributed by atoms with van der Waals surface area (Å²) in [6, 6.07) is 0. The van der Waals surface area contributed by atoms with Crippen LogP contribution in [0, 0.1) is 5.41 Å². The summed E-state index contributed by atoms with van der Waals surface area (Å²) in [6.07, 6.45) is -7.80. The molecule has 2 amide bonds. The average Bonchev–Trinajstić information content (AvgIpc) is 2.79. The number of carboxylic acids is 2. The maximum absolute atomic E-state index is 14.8. The van der Waals surface area contributed by atoms with E-state index in [0.29, 0.717) is 36.5 Å². The first kappa shape index (κ1) is 30.9. The van der Waals surface area contributed by atoms with Gasteiger partial charge in [0.2, 0.25) is 5.41 Å². The van der Waals surface area contributed by atoms with E-state index in [9.17, 15) is 45.5 Å². The lowest BCUT2D eigenvalue weighted by Crippen LogP contribution is -2.54. The summed E-state index contributed by atoms with van der Waals surface area (Å²) in [5.41, 5.74) is -8.97. The second-order valence-electron chi connectivity index (χ2n) is 8.27. The van der Waals surface area contributed by atoms with Crippen molar-refractivity contribution in [3.05, 3.63) is 70.9 Å². The van der Waals surface area contributed by atoms with Gasteiger partial charge in [-0.3, -0.25) is 9.59 Å². The summed E-state index contributed by atoms with van der Waals surface area (Å²) in [5.74, 6) is -5.46. The zero-order valence-corrected chi connectivity index (χ0v) is 20.2. The molecule has 8 nitrogen and oxygen atoms in total. The number of halogens is 6. The van der Waals surface area contributed by atoms with Crippen molar-refractivity contribution >= 4 is 35.2 Å². The number of hydrogen-bond acceptors (Lipinski definition) is 4. The molecule has 0 saturated carbocycles. The Hall–Kier alpha value is -4.36. The fraction of sp³-hybridized carbons (Fsp3) is 0.280. The summed E-state index contributed by atoms with van der Waals surface area (Å²) in [4.78, 5) is 51.8. The molecule has 2 aliphatic carbocycles. The summed E-state index contributed by atoms with van der Waals surface area (Å²) in [7, 11) is 0.